The van der Waals surface area contributed by atoms with Crippen molar-refractivity contribution in [1.82, 2.24) is 25.3 Å². The van der Waals surface area contributed by atoms with E-state index in [1.54, 1.807) is 25.4 Å². The Kier molecular flexibility index (Phi) is 6.71. The Morgan fingerprint density at radius 3 is 2.68 bits per heavy atom. The minimum atomic E-state index is -0.567. The van der Waals surface area contributed by atoms with Gasteiger partial charge in [-0.1, -0.05) is 12.7 Å². The molecule has 31 heavy (non-hydrogen) atoms. The molecule has 1 aromatic carbocycles. The Balaban J connectivity index is 2.18. The van der Waals surface area contributed by atoms with Gasteiger partial charge in [-0.3, -0.25) is 10.3 Å². The minimum Gasteiger partial charge on any atom is -0.467 e. The van der Waals surface area contributed by atoms with Gasteiger partial charge in [-0.25, -0.2) is 24.1 Å². The molecule has 0 spiro atoms. The lowest BCUT2D eigenvalue weighted by Crippen LogP contribution is -2.28. The number of aromatic nitrogens is 4. The quantitative estimate of drug-likeness (QED) is 0.396. The Morgan fingerprint density at radius 1 is 1.32 bits per heavy atom. The van der Waals surface area contributed by atoms with Crippen LogP contribution in [-0.2, 0) is 0 Å². The maximum Gasteiger partial charge on any atom is 0.321 e. The number of rotatable bonds is 7. The van der Waals surface area contributed by atoms with Gasteiger partial charge < -0.3 is 15.0 Å². The van der Waals surface area contributed by atoms with Crippen LogP contribution in [0.3, 0.4) is 0 Å². The molecule has 160 valence electrons. The maximum absolute atomic E-state index is 14.7. The van der Waals surface area contributed by atoms with E-state index in [0.717, 1.165) is 0 Å². The van der Waals surface area contributed by atoms with Crippen molar-refractivity contribution in [2.24, 2.45) is 4.99 Å². The van der Waals surface area contributed by atoms with Gasteiger partial charge in [-0.05, 0) is 30.7 Å². The lowest BCUT2D eigenvalue weighted by Gasteiger charge is -2.09. The van der Waals surface area contributed by atoms with Gasteiger partial charge in [0, 0.05) is 37.1 Å². The fourth-order valence-corrected chi connectivity index (χ4v) is 2.95. The maximum atomic E-state index is 14.7. The third kappa shape index (κ3) is 4.74. The monoisotopic (exact) mass is 423 g/mol. The van der Waals surface area contributed by atoms with Gasteiger partial charge in [0.1, 0.15) is 17.1 Å². The number of aromatic amines is 1. The number of carbonyl (C=O) groups is 1. The fourth-order valence-electron chi connectivity index (χ4n) is 2.95. The lowest BCUT2D eigenvalue weighted by molar-refractivity contribution is 0.252. The number of carbonyl (C=O) groups excluding carboxylic acids is 1. The molecule has 0 radical (unpaired) electrons. The molecule has 2 heterocycles. The van der Waals surface area contributed by atoms with Crippen LogP contribution in [0.2, 0.25) is 0 Å². The number of hydrogen-bond acceptors (Lipinski definition) is 6. The second-order valence-electron chi connectivity index (χ2n) is 6.27. The van der Waals surface area contributed by atoms with Gasteiger partial charge in [-0.15, -0.1) is 0 Å². The molecule has 2 amide bonds. The first-order valence-electron chi connectivity index (χ1n) is 9.41. The van der Waals surface area contributed by atoms with E-state index in [-0.39, 0.29) is 17.7 Å². The van der Waals surface area contributed by atoms with Crippen LogP contribution in [0.4, 0.5) is 15.1 Å². The highest BCUT2D eigenvalue weighted by Gasteiger charge is 2.18. The van der Waals surface area contributed by atoms with Crippen LogP contribution >= 0.6 is 0 Å². The van der Waals surface area contributed by atoms with Crippen molar-refractivity contribution in [3.05, 3.63) is 54.6 Å². The van der Waals surface area contributed by atoms with Crippen molar-refractivity contribution in [3.63, 3.8) is 0 Å². The number of allylic oxidation sites excluding steroid dienone is 3. The number of H-pyrrole nitrogens is 1. The second kappa shape index (κ2) is 9.61. The third-order valence-electron chi connectivity index (χ3n) is 4.27. The highest BCUT2D eigenvalue weighted by Crippen LogP contribution is 2.29. The van der Waals surface area contributed by atoms with Gasteiger partial charge >= 0.3 is 12.0 Å². The summed E-state index contributed by atoms with van der Waals surface area (Å²) in [6.45, 7) is 5.80. The molecule has 0 fully saturated rings. The summed E-state index contributed by atoms with van der Waals surface area (Å²) in [5.41, 5.74) is 2.92. The molecule has 3 N–H and O–H groups in total. The summed E-state index contributed by atoms with van der Waals surface area (Å²) >= 11 is 0. The molecule has 0 bridgehead atoms. The molecule has 2 aromatic heterocycles. The Bertz CT molecular complexity index is 1170. The van der Waals surface area contributed by atoms with Crippen LogP contribution in [0.5, 0.6) is 6.01 Å². The van der Waals surface area contributed by atoms with Crippen molar-refractivity contribution >= 4 is 28.7 Å². The summed E-state index contributed by atoms with van der Waals surface area (Å²) in [6.07, 6.45) is 5.75. The number of methoxy groups -OCH3 is 1. The number of ether oxygens (including phenoxy) is 1. The van der Waals surface area contributed by atoms with Crippen molar-refractivity contribution in [2.75, 3.05) is 26.0 Å². The average molecular weight is 423 g/mol. The first-order valence-corrected chi connectivity index (χ1v) is 9.41. The zero-order valence-corrected chi connectivity index (χ0v) is 17.4. The molecule has 9 nitrogen and oxygen atoms in total. The van der Waals surface area contributed by atoms with E-state index in [0.29, 0.717) is 34.3 Å². The number of aliphatic imine (C=N–C) groups is 1. The smallest absolute Gasteiger partial charge is 0.321 e. The first-order chi connectivity index (χ1) is 15.0. The first kappa shape index (κ1) is 21.6. The molecule has 0 saturated heterocycles. The highest BCUT2D eigenvalue weighted by atomic mass is 19.1. The zero-order valence-electron chi connectivity index (χ0n) is 17.4. The highest BCUT2D eigenvalue weighted by molar-refractivity contribution is 6.18. The summed E-state index contributed by atoms with van der Waals surface area (Å²) in [4.78, 5) is 31.7. The van der Waals surface area contributed by atoms with Gasteiger partial charge in [0.2, 0.25) is 5.95 Å². The van der Waals surface area contributed by atoms with Crippen molar-refractivity contribution < 1.29 is 13.9 Å². The number of nitrogens with zero attached hydrogens (tertiary/aromatic N) is 4. The standard InChI is InChI=1S/C21H22FN7O2/c1-5-7-15(22)17(23-3)14-8-12(13-10-25-21(31-4)26-11-13)9-16-18(14)28-19(27-16)29-20(30)24-6-2/h5,7-11H,1,6H2,2-4H3,(H3,24,27,28,29,30)/b15-7+,23-17?. The van der Waals surface area contributed by atoms with Crippen LogP contribution in [0.25, 0.3) is 22.2 Å². The van der Waals surface area contributed by atoms with Crippen molar-refractivity contribution in [2.45, 2.75) is 6.92 Å². The predicted octanol–water partition coefficient (Wildman–Crippen LogP) is 3.63. The van der Waals surface area contributed by atoms with Gasteiger partial charge in [-0.2, -0.15) is 0 Å². The number of benzene rings is 1. The summed E-state index contributed by atoms with van der Waals surface area (Å²) in [5.74, 6) is -0.350. The number of urea groups is 1. The van der Waals surface area contributed by atoms with Crippen LogP contribution in [0.15, 0.2) is 54.1 Å². The van der Waals surface area contributed by atoms with Gasteiger partial charge in [0.15, 0.2) is 0 Å². The number of amides is 2. The molecule has 0 aliphatic rings. The number of halogens is 1. The molecule has 3 rings (SSSR count). The molecule has 0 unspecified atom stereocenters. The summed E-state index contributed by atoms with van der Waals surface area (Å²) in [5, 5.41) is 5.25. The molecule has 0 aliphatic carbocycles. The molecule has 10 heteroatoms. The predicted molar refractivity (Wildman–Crippen MR) is 118 cm³/mol. The lowest BCUT2D eigenvalue weighted by atomic mass is 10.00. The van der Waals surface area contributed by atoms with Crippen LogP contribution in [-0.4, -0.2) is 52.4 Å². The summed E-state index contributed by atoms with van der Waals surface area (Å²) < 4.78 is 19.7. The van der Waals surface area contributed by atoms with E-state index in [1.165, 1.54) is 26.3 Å². The molecular weight excluding hydrogens is 401 g/mol. The van der Waals surface area contributed by atoms with E-state index in [4.69, 9.17) is 4.74 Å². The minimum absolute atomic E-state index is 0.0947. The Morgan fingerprint density at radius 2 is 2.06 bits per heavy atom. The van der Waals surface area contributed by atoms with Gasteiger partial charge in [0.05, 0.1) is 12.6 Å². The van der Waals surface area contributed by atoms with E-state index in [9.17, 15) is 9.18 Å². The largest absolute Gasteiger partial charge is 0.467 e. The number of imidazole rings is 1. The van der Waals surface area contributed by atoms with E-state index >= 15 is 0 Å². The van der Waals surface area contributed by atoms with E-state index in [1.807, 2.05) is 6.07 Å². The molecular formula is C21H22FN7O2. The number of nitrogens with one attached hydrogen (secondary N) is 3. The number of anilines is 1. The summed E-state index contributed by atoms with van der Waals surface area (Å²) in [6, 6.07) is 3.37. The van der Waals surface area contributed by atoms with E-state index in [2.05, 4.69) is 42.1 Å². The molecule has 0 atom stereocenters. The summed E-state index contributed by atoms with van der Waals surface area (Å²) in [7, 11) is 2.97. The molecule has 0 saturated carbocycles. The fraction of sp³-hybridized carbons (Fsp3) is 0.190. The van der Waals surface area contributed by atoms with Crippen LogP contribution < -0.4 is 15.4 Å². The number of hydrogen-bond donors (Lipinski definition) is 3. The average Bonchev–Trinajstić information content (AvgIpc) is 3.17. The Hall–Kier alpha value is -4.08. The van der Waals surface area contributed by atoms with Crippen molar-refractivity contribution in [3.8, 4) is 17.1 Å². The third-order valence-corrected chi connectivity index (χ3v) is 4.27. The van der Waals surface area contributed by atoms with Gasteiger partial charge in [0.25, 0.3) is 0 Å². The van der Waals surface area contributed by atoms with Crippen LogP contribution in [0, 0.1) is 0 Å². The second-order valence-corrected chi connectivity index (χ2v) is 6.27. The SMILES string of the molecule is C=C/C=C(/F)C(=NC)c1cc(-c2cnc(OC)nc2)cc2[nH]c(NC(=O)NCC)nc12. The molecule has 0 aliphatic heterocycles. The Labute approximate surface area is 178 Å². The van der Waals surface area contributed by atoms with Crippen LogP contribution in [0.1, 0.15) is 12.5 Å². The van der Waals surface area contributed by atoms with E-state index < -0.39 is 11.9 Å². The molecule has 3 aromatic rings. The zero-order chi connectivity index (χ0) is 22.4. The van der Waals surface area contributed by atoms with Crippen molar-refractivity contribution in [1.29, 1.82) is 0 Å². The number of fused-ring (bicyclic) bond motifs is 1. The normalized spacial score (nSPS) is 12.0. The topological polar surface area (TPSA) is 117 Å².